The van der Waals surface area contributed by atoms with Gasteiger partial charge in [0.1, 0.15) is 5.56 Å². The predicted octanol–water partition coefficient (Wildman–Crippen LogP) is 4.11. The normalized spacial score (nSPS) is 11.5. The molecule has 0 aliphatic rings. The Labute approximate surface area is 140 Å². The number of H-pyrrole nitrogens is 1. The number of carbonyl (C=O) groups excluding carboxylic acids is 1. The van der Waals surface area contributed by atoms with E-state index >= 15 is 0 Å². The van der Waals surface area contributed by atoms with E-state index in [0.717, 1.165) is 23.9 Å². The van der Waals surface area contributed by atoms with Gasteiger partial charge in [-0.25, -0.2) is 0 Å². The molecule has 3 rings (SSSR count). The maximum absolute atomic E-state index is 13.0. The first kappa shape index (κ1) is 16.8. The zero-order chi connectivity index (χ0) is 18.2. The standard InChI is InChI=1S/C18H13F3N2O2/c1-10-4-2-5-11(8-10)23-17(25)13-9-22-15-12(16(13)24)6-3-7-14(15)18(19,20)21/h2-9H,1H3,(H,22,24)(H,23,25). The summed E-state index contributed by atoms with van der Waals surface area (Å²) in [6, 6.07) is 10.2. The molecule has 0 bridgehead atoms. The van der Waals surface area contributed by atoms with Crippen LogP contribution < -0.4 is 10.7 Å². The summed E-state index contributed by atoms with van der Waals surface area (Å²) in [5.74, 6) is -0.689. The van der Waals surface area contributed by atoms with E-state index in [9.17, 15) is 22.8 Å². The van der Waals surface area contributed by atoms with Crippen molar-refractivity contribution in [3.8, 4) is 0 Å². The number of carbonyl (C=O) groups is 1. The molecule has 0 atom stereocenters. The predicted molar refractivity (Wildman–Crippen MR) is 88.7 cm³/mol. The van der Waals surface area contributed by atoms with E-state index in [1.807, 2.05) is 13.0 Å². The first-order valence-corrected chi connectivity index (χ1v) is 7.37. The van der Waals surface area contributed by atoms with Crippen LogP contribution in [0.15, 0.2) is 53.5 Å². The Hall–Kier alpha value is -3.09. The highest BCUT2D eigenvalue weighted by Gasteiger charge is 2.33. The van der Waals surface area contributed by atoms with Gasteiger partial charge in [-0.1, -0.05) is 18.2 Å². The van der Waals surface area contributed by atoms with Crippen LogP contribution in [0.25, 0.3) is 10.9 Å². The van der Waals surface area contributed by atoms with Crippen LogP contribution in [-0.4, -0.2) is 10.9 Å². The van der Waals surface area contributed by atoms with Gasteiger partial charge in [-0.15, -0.1) is 0 Å². The molecule has 0 unspecified atom stereocenters. The van der Waals surface area contributed by atoms with Crippen LogP contribution in [0, 0.1) is 6.92 Å². The molecule has 0 aliphatic heterocycles. The number of aromatic amines is 1. The summed E-state index contributed by atoms with van der Waals surface area (Å²) in [6.45, 7) is 1.84. The highest BCUT2D eigenvalue weighted by atomic mass is 19.4. The van der Waals surface area contributed by atoms with Crippen molar-refractivity contribution in [2.45, 2.75) is 13.1 Å². The van der Waals surface area contributed by atoms with Crippen molar-refractivity contribution >= 4 is 22.5 Å². The molecule has 25 heavy (non-hydrogen) atoms. The fourth-order valence-electron chi connectivity index (χ4n) is 2.58. The zero-order valence-corrected chi connectivity index (χ0v) is 13.1. The minimum absolute atomic E-state index is 0.188. The van der Waals surface area contributed by atoms with Gasteiger partial charge in [0.15, 0.2) is 0 Å². The van der Waals surface area contributed by atoms with E-state index in [0.29, 0.717) is 5.69 Å². The Morgan fingerprint density at radius 3 is 2.52 bits per heavy atom. The highest BCUT2D eigenvalue weighted by molar-refractivity contribution is 6.05. The van der Waals surface area contributed by atoms with Crippen LogP contribution in [0.3, 0.4) is 0 Å². The number of rotatable bonds is 2. The molecule has 0 saturated carbocycles. The van der Waals surface area contributed by atoms with E-state index in [1.54, 1.807) is 18.2 Å². The third kappa shape index (κ3) is 3.26. The zero-order valence-electron chi connectivity index (χ0n) is 13.1. The molecular formula is C18H13F3N2O2. The number of fused-ring (bicyclic) bond motifs is 1. The molecular weight excluding hydrogens is 333 g/mol. The molecule has 0 radical (unpaired) electrons. The quantitative estimate of drug-likeness (QED) is 0.734. The summed E-state index contributed by atoms with van der Waals surface area (Å²) in [6.07, 6.45) is -3.60. The van der Waals surface area contributed by atoms with Gasteiger partial charge in [0.2, 0.25) is 5.43 Å². The summed E-state index contributed by atoms with van der Waals surface area (Å²) >= 11 is 0. The third-order valence-electron chi connectivity index (χ3n) is 3.74. The van der Waals surface area contributed by atoms with Crippen LogP contribution in [-0.2, 0) is 6.18 Å². The Kier molecular flexibility index (Phi) is 4.08. The van der Waals surface area contributed by atoms with Crippen LogP contribution >= 0.6 is 0 Å². The summed E-state index contributed by atoms with van der Waals surface area (Å²) in [5.41, 5.74) is -0.897. The molecule has 2 N–H and O–H groups in total. The van der Waals surface area contributed by atoms with Gasteiger partial charge in [-0.2, -0.15) is 13.2 Å². The Balaban J connectivity index is 2.05. The Morgan fingerprint density at radius 1 is 1.12 bits per heavy atom. The topological polar surface area (TPSA) is 62.0 Å². The number of nitrogens with one attached hydrogen (secondary N) is 2. The molecule has 1 amide bonds. The van der Waals surface area contributed by atoms with Crippen molar-refractivity contribution in [3.63, 3.8) is 0 Å². The highest BCUT2D eigenvalue weighted by Crippen LogP contribution is 2.33. The van der Waals surface area contributed by atoms with Crippen molar-refractivity contribution in [3.05, 3.63) is 75.6 Å². The van der Waals surface area contributed by atoms with Gasteiger partial charge in [0.05, 0.1) is 11.1 Å². The van der Waals surface area contributed by atoms with Crippen LogP contribution in [0.1, 0.15) is 21.5 Å². The largest absolute Gasteiger partial charge is 0.418 e. The molecule has 4 nitrogen and oxygen atoms in total. The number of para-hydroxylation sites is 1. The van der Waals surface area contributed by atoms with Crippen molar-refractivity contribution < 1.29 is 18.0 Å². The lowest BCUT2D eigenvalue weighted by atomic mass is 10.1. The van der Waals surface area contributed by atoms with E-state index in [4.69, 9.17) is 0 Å². The first-order valence-electron chi connectivity index (χ1n) is 7.37. The van der Waals surface area contributed by atoms with E-state index in [1.165, 1.54) is 6.07 Å². The van der Waals surface area contributed by atoms with Crippen LogP contribution in [0.2, 0.25) is 0 Å². The minimum Gasteiger partial charge on any atom is -0.360 e. The van der Waals surface area contributed by atoms with Crippen LogP contribution in [0.4, 0.5) is 18.9 Å². The second-order valence-corrected chi connectivity index (χ2v) is 5.58. The monoisotopic (exact) mass is 346 g/mol. The Bertz CT molecular complexity index is 1020. The van der Waals surface area contributed by atoms with Gasteiger partial charge in [0, 0.05) is 17.3 Å². The fourth-order valence-corrected chi connectivity index (χ4v) is 2.58. The summed E-state index contributed by atoms with van der Waals surface area (Å²) in [7, 11) is 0. The van der Waals surface area contributed by atoms with Gasteiger partial charge in [-0.3, -0.25) is 9.59 Å². The number of aromatic nitrogens is 1. The lowest BCUT2D eigenvalue weighted by molar-refractivity contribution is -0.136. The molecule has 0 spiro atoms. The van der Waals surface area contributed by atoms with Crippen molar-refractivity contribution in [1.82, 2.24) is 4.98 Å². The summed E-state index contributed by atoms with van der Waals surface area (Å²) in [5, 5.41) is 2.38. The molecule has 1 aromatic heterocycles. The summed E-state index contributed by atoms with van der Waals surface area (Å²) < 4.78 is 39.1. The molecule has 1 heterocycles. The smallest absolute Gasteiger partial charge is 0.360 e. The number of anilines is 1. The molecule has 0 aliphatic carbocycles. The van der Waals surface area contributed by atoms with Crippen molar-refractivity contribution in [2.75, 3.05) is 5.32 Å². The number of hydrogen-bond donors (Lipinski definition) is 2. The number of aryl methyl sites for hydroxylation is 1. The number of halogens is 3. The number of pyridine rings is 1. The summed E-state index contributed by atoms with van der Waals surface area (Å²) in [4.78, 5) is 27.2. The SMILES string of the molecule is Cc1cccc(NC(=O)c2c[nH]c3c(C(F)(F)F)cccc3c2=O)c1. The van der Waals surface area contributed by atoms with Crippen molar-refractivity contribution in [2.24, 2.45) is 0 Å². The molecule has 2 aromatic carbocycles. The second-order valence-electron chi connectivity index (χ2n) is 5.58. The van der Waals surface area contributed by atoms with Crippen LogP contribution in [0.5, 0.6) is 0 Å². The molecule has 3 aromatic rings. The average molecular weight is 346 g/mol. The number of amides is 1. The second kappa shape index (κ2) is 6.08. The van der Waals surface area contributed by atoms with Gasteiger partial charge >= 0.3 is 6.18 Å². The number of benzene rings is 2. The number of hydrogen-bond acceptors (Lipinski definition) is 2. The maximum atomic E-state index is 13.0. The fraction of sp³-hybridized carbons (Fsp3) is 0.111. The third-order valence-corrected chi connectivity index (χ3v) is 3.74. The molecule has 128 valence electrons. The van der Waals surface area contributed by atoms with E-state index < -0.39 is 23.1 Å². The van der Waals surface area contributed by atoms with Gasteiger partial charge in [0.25, 0.3) is 5.91 Å². The first-order chi connectivity index (χ1) is 11.8. The number of alkyl halides is 3. The molecule has 0 fully saturated rings. The lowest BCUT2D eigenvalue weighted by Crippen LogP contribution is -2.22. The minimum atomic E-state index is -4.60. The van der Waals surface area contributed by atoms with Gasteiger partial charge < -0.3 is 10.3 Å². The average Bonchev–Trinajstić information content (AvgIpc) is 2.54. The van der Waals surface area contributed by atoms with E-state index in [-0.39, 0.29) is 16.5 Å². The molecule has 7 heteroatoms. The Morgan fingerprint density at radius 2 is 1.84 bits per heavy atom. The lowest BCUT2D eigenvalue weighted by Gasteiger charge is -2.11. The van der Waals surface area contributed by atoms with Crippen molar-refractivity contribution in [1.29, 1.82) is 0 Å². The van der Waals surface area contributed by atoms with Gasteiger partial charge in [-0.05, 0) is 36.8 Å². The molecule has 0 saturated heterocycles. The maximum Gasteiger partial charge on any atom is 0.418 e. The van der Waals surface area contributed by atoms with E-state index in [2.05, 4.69) is 10.3 Å².